The van der Waals surface area contributed by atoms with Crippen molar-refractivity contribution >= 4 is 16.9 Å². The molecule has 0 radical (unpaired) electrons. The van der Waals surface area contributed by atoms with Crippen molar-refractivity contribution in [2.45, 2.75) is 13.8 Å². The second-order valence-corrected chi connectivity index (χ2v) is 8.18. The normalized spacial score (nSPS) is 10.8. The summed E-state index contributed by atoms with van der Waals surface area (Å²) >= 11 is 0. The van der Waals surface area contributed by atoms with Crippen LogP contribution in [0, 0.1) is 13.8 Å². The number of aromatic nitrogens is 1. The Balaban J connectivity index is 1.53. The van der Waals surface area contributed by atoms with Crippen LogP contribution < -0.4 is 4.74 Å². The molecule has 4 aromatic carbocycles. The molecule has 0 aliphatic rings. The van der Waals surface area contributed by atoms with Crippen LogP contribution >= 0.6 is 0 Å². The molecule has 1 aromatic heterocycles. The first kappa shape index (κ1) is 20.7. The fraction of sp³-hybridized carbons (Fsp3) is 0.0667. The third-order valence-corrected chi connectivity index (χ3v) is 5.71. The third kappa shape index (κ3) is 4.26. The van der Waals surface area contributed by atoms with Crippen molar-refractivity contribution in [1.82, 2.24) is 4.98 Å². The molecule has 3 heteroatoms. The second kappa shape index (κ2) is 8.71. The van der Waals surface area contributed by atoms with Gasteiger partial charge in [0.15, 0.2) is 0 Å². The van der Waals surface area contributed by atoms with Crippen molar-refractivity contribution in [3.63, 3.8) is 0 Å². The number of nitrogens with zero attached hydrogens (tertiary/aromatic N) is 1. The lowest BCUT2D eigenvalue weighted by atomic mass is 10.00. The molecule has 1 heterocycles. The van der Waals surface area contributed by atoms with E-state index in [0.717, 1.165) is 44.4 Å². The topological polar surface area (TPSA) is 39.2 Å². The SMILES string of the molecule is Cc1cc(C)c2nc(-c3ccccc3)cc(C(=O)Oc3ccc(-c4ccccc4)cc3)c2c1. The predicted molar refractivity (Wildman–Crippen MR) is 133 cm³/mol. The van der Waals surface area contributed by atoms with E-state index < -0.39 is 5.97 Å². The smallest absolute Gasteiger partial charge is 0.344 e. The van der Waals surface area contributed by atoms with Gasteiger partial charge in [0.1, 0.15) is 5.75 Å². The number of ether oxygens (including phenoxy) is 1. The highest BCUT2D eigenvalue weighted by molar-refractivity contribution is 6.06. The van der Waals surface area contributed by atoms with E-state index in [4.69, 9.17) is 9.72 Å². The molecule has 0 N–H and O–H groups in total. The molecule has 0 bridgehead atoms. The van der Waals surface area contributed by atoms with Crippen molar-refractivity contribution in [2.75, 3.05) is 0 Å². The van der Waals surface area contributed by atoms with E-state index in [-0.39, 0.29) is 0 Å². The summed E-state index contributed by atoms with van der Waals surface area (Å²) < 4.78 is 5.80. The van der Waals surface area contributed by atoms with Crippen molar-refractivity contribution in [3.05, 3.63) is 120 Å². The third-order valence-electron chi connectivity index (χ3n) is 5.71. The predicted octanol–water partition coefficient (Wildman–Crippen LogP) is 7.40. The number of benzene rings is 4. The minimum absolute atomic E-state index is 0.392. The van der Waals surface area contributed by atoms with Crippen LogP contribution in [0.2, 0.25) is 0 Å². The fourth-order valence-electron chi connectivity index (χ4n) is 4.11. The molecule has 3 nitrogen and oxygen atoms in total. The summed E-state index contributed by atoms with van der Waals surface area (Å²) in [5.41, 5.74) is 7.34. The van der Waals surface area contributed by atoms with Crippen molar-refractivity contribution in [2.24, 2.45) is 0 Å². The van der Waals surface area contributed by atoms with Crippen LogP contribution in [-0.4, -0.2) is 11.0 Å². The largest absolute Gasteiger partial charge is 0.423 e. The maximum absolute atomic E-state index is 13.3. The average molecular weight is 430 g/mol. The fourth-order valence-corrected chi connectivity index (χ4v) is 4.11. The van der Waals surface area contributed by atoms with E-state index >= 15 is 0 Å². The molecule has 0 atom stereocenters. The quantitative estimate of drug-likeness (QED) is 0.221. The molecule has 0 unspecified atom stereocenters. The first-order valence-electron chi connectivity index (χ1n) is 10.9. The standard InChI is InChI=1S/C30H23NO2/c1-20-17-21(2)29-26(18-20)27(19-28(31-29)24-11-7-4-8-12-24)30(32)33-25-15-13-23(14-16-25)22-9-5-3-6-10-22/h3-19H,1-2H3. The van der Waals surface area contributed by atoms with E-state index in [9.17, 15) is 4.79 Å². The molecule has 160 valence electrons. The van der Waals surface area contributed by atoms with Crippen LogP contribution in [0.3, 0.4) is 0 Å². The number of carbonyl (C=O) groups excluding carboxylic acids is 1. The van der Waals surface area contributed by atoms with E-state index in [1.807, 2.05) is 98.8 Å². The minimum atomic E-state index is -0.392. The Morgan fingerprint density at radius 1 is 0.697 bits per heavy atom. The van der Waals surface area contributed by atoms with E-state index in [2.05, 4.69) is 18.2 Å². The Hall–Kier alpha value is -4.24. The average Bonchev–Trinajstić information content (AvgIpc) is 2.85. The first-order valence-corrected chi connectivity index (χ1v) is 10.9. The zero-order valence-electron chi connectivity index (χ0n) is 18.6. The number of hydrogen-bond donors (Lipinski definition) is 0. The van der Waals surface area contributed by atoms with Crippen molar-refractivity contribution in [1.29, 1.82) is 0 Å². The maximum atomic E-state index is 13.3. The van der Waals surface area contributed by atoms with Gasteiger partial charge in [-0.25, -0.2) is 9.78 Å². The van der Waals surface area contributed by atoms with Gasteiger partial charge in [0.05, 0.1) is 16.8 Å². The summed E-state index contributed by atoms with van der Waals surface area (Å²) in [4.78, 5) is 18.2. The molecule has 0 saturated heterocycles. The molecule has 33 heavy (non-hydrogen) atoms. The van der Waals surface area contributed by atoms with Crippen LogP contribution in [0.25, 0.3) is 33.3 Å². The van der Waals surface area contributed by atoms with E-state index in [1.165, 1.54) is 0 Å². The monoisotopic (exact) mass is 429 g/mol. The summed E-state index contributed by atoms with van der Waals surface area (Å²) in [6, 6.07) is 33.5. The van der Waals surface area contributed by atoms with Gasteiger partial charge in [0, 0.05) is 10.9 Å². The summed E-state index contributed by atoms with van der Waals surface area (Å²) in [6.45, 7) is 4.05. The molecule has 5 rings (SSSR count). The van der Waals surface area contributed by atoms with Gasteiger partial charge in [-0.15, -0.1) is 0 Å². The molecule has 0 spiro atoms. The van der Waals surface area contributed by atoms with Gasteiger partial charge in [0.25, 0.3) is 0 Å². The Labute approximate surface area is 193 Å². The maximum Gasteiger partial charge on any atom is 0.344 e. The molecule has 0 amide bonds. The van der Waals surface area contributed by atoms with Gasteiger partial charge < -0.3 is 4.74 Å². The van der Waals surface area contributed by atoms with Crippen LogP contribution in [0.15, 0.2) is 103 Å². The summed E-state index contributed by atoms with van der Waals surface area (Å²) in [7, 11) is 0. The van der Waals surface area contributed by atoms with Crippen LogP contribution in [0.4, 0.5) is 0 Å². The lowest BCUT2D eigenvalue weighted by Gasteiger charge is -2.13. The lowest BCUT2D eigenvalue weighted by Crippen LogP contribution is -2.10. The molecule has 5 aromatic rings. The van der Waals surface area contributed by atoms with Gasteiger partial charge >= 0.3 is 5.97 Å². The number of esters is 1. The van der Waals surface area contributed by atoms with Gasteiger partial charge in [-0.3, -0.25) is 0 Å². The molecular formula is C30H23NO2. The summed E-state index contributed by atoms with van der Waals surface area (Å²) in [6.07, 6.45) is 0. The van der Waals surface area contributed by atoms with Gasteiger partial charge in [-0.2, -0.15) is 0 Å². The number of carbonyl (C=O) groups is 1. The number of hydrogen-bond acceptors (Lipinski definition) is 3. The van der Waals surface area contributed by atoms with E-state index in [0.29, 0.717) is 11.3 Å². The van der Waals surface area contributed by atoms with Gasteiger partial charge in [0.2, 0.25) is 0 Å². The van der Waals surface area contributed by atoms with Crippen LogP contribution in [0.5, 0.6) is 5.75 Å². The van der Waals surface area contributed by atoms with Gasteiger partial charge in [-0.1, -0.05) is 84.4 Å². The first-order chi connectivity index (χ1) is 16.1. The number of fused-ring (bicyclic) bond motifs is 1. The second-order valence-electron chi connectivity index (χ2n) is 8.18. The summed E-state index contributed by atoms with van der Waals surface area (Å²) in [5, 5.41) is 0.804. The summed E-state index contributed by atoms with van der Waals surface area (Å²) in [5.74, 6) is 0.118. The molecule has 0 aliphatic heterocycles. The number of aryl methyl sites for hydroxylation is 2. The number of rotatable bonds is 4. The Morgan fingerprint density at radius 3 is 1.97 bits per heavy atom. The lowest BCUT2D eigenvalue weighted by molar-refractivity contribution is 0.0737. The highest BCUT2D eigenvalue weighted by Crippen LogP contribution is 2.29. The Kier molecular flexibility index (Phi) is 5.45. The molecular weight excluding hydrogens is 406 g/mol. The zero-order valence-corrected chi connectivity index (χ0v) is 18.6. The molecule has 0 fully saturated rings. The van der Waals surface area contributed by atoms with Crippen LogP contribution in [-0.2, 0) is 0 Å². The van der Waals surface area contributed by atoms with Crippen molar-refractivity contribution < 1.29 is 9.53 Å². The van der Waals surface area contributed by atoms with Crippen LogP contribution in [0.1, 0.15) is 21.5 Å². The van der Waals surface area contributed by atoms with Gasteiger partial charge in [-0.05, 0) is 54.8 Å². The zero-order chi connectivity index (χ0) is 22.8. The van der Waals surface area contributed by atoms with Crippen molar-refractivity contribution in [3.8, 4) is 28.1 Å². The molecule has 0 saturated carbocycles. The Morgan fingerprint density at radius 2 is 1.30 bits per heavy atom. The minimum Gasteiger partial charge on any atom is -0.423 e. The number of pyridine rings is 1. The van der Waals surface area contributed by atoms with E-state index in [1.54, 1.807) is 0 Å². The highest BCUT2D eigenvalue weighted by atomic mass is 16.5. The Bertz CT molecular complexity index is 1440. The highest BCUT2D eigenvalue weighted by Gasteiger charge is 2.18. The molecule has 0 aliphatic carbocycles.